The van der Waals surface area contributed by atoms with Crippen molar-refractivity contribution in [1.29, 1.82) is 0 Å². The SMILES string of the molecule is FC1(F)CCC2(COC(CI)C2)C1. The molecule has 1 aliphatic carbocycles. The molecule has 0 amide bonds. The molecule has 76 valence electrons. The van der Waals surface area contributed by atoms with E-state index in [-0.39, 0.29) is 24.4 Å². The van der Waals surface area contributed by atoms with E-state index in [1.165, 1.54) is 0 Å². The lowest BCUT2D eigenvalue weighted by Crippen LogP contribution is -2.20. The van der Waals surface area contributed by atoms with Gasteiger partial charge in [-0.2, -0.15) is 0 Å². The van der Waals surface area contributed by atoms with E-state index in [0.717, 1.165) is 10.8 Å². The highest BCUT2D eigenvalue weighted by Crippen LogP contribution is 2.53. The molecular formula is C9H13F2IO. The lowest BCUT2D eigenvalue weighted by Gasteiger charge is -2.20. The van der Waals surface area contributed by atoms with Gasteiger partial charge in [0.15, 0.2) is 0 Å². The molecule has 2 unspecified atom stereocenters. The normalized spacial score (nSPS) is 43.2. The predicted molar refractivity (Wildman–Crippen MR) is 54.5 cm³/mol. The first-order valence-corrected chi connectivity index (χ1v) is 6.13. The third-order valence-electron chi connectivity index (χ3n) is 3.11. The maximum atomic E-state index is 13.0. The van der Waals surface area contributed by atoms with Crippen molar-refractivity contribution in [2.45, 2.75) is 37.7 Å². The molecule has 0 radical (unpaired) electrons. The minimum Gasteiger partial charge on any atom is -0.377 e. The Bertz CT molecular complexity index is 210. The number of ether oxygens (including phenoxy) is 1. The van der Waals surface area contributed by atoms with E-state index in [1.54, 1.807) is 0 Å². The van der Waals surface area contributed by atoms with Gasteiger partial charge in [-0.1, -0.05) is 22.6 Å². The summed E-state index contributed by atoms with van der Waals surface area (Å²) in [5, 5.41) is 0. The molecule has 0 aromatic carbocycles. The van der Waals surface area contributed by atoms with Crippen LogP contribution in [0.1, 0.15) is 25.7 Å². The third-order valence-corrected chi connectivity index (χ3v) is 4.10. The standard InChI is InChI=1S/C9H13F2IO/c10-9(11)2-1-8(5-9)3-7(4-12)13-6-8/h7H,1-6H2. The maximum absolute atomic E-state index is 13.0. The first kappa shape index (κ1) is 10.1. The minimum atomic E-state index is -2.43. The van der Waals surface area contributed by atoms with Gasteiger partial charge in [0, 0.05) is 22.7 Å². The molecule has 1 saturated carbocycles. The lowest BCUT2D eigenvalue weighted by molar-refractivity contribution is -0.00536. The number of hydrogen-bond acceptors (Lipinski definition) is 1. The fourth-order valence-electron chi connectivity index (χ4n) is 2.47. The van der Waals surface area contributed by atoms with Crippen LogP contribution in [0, 0.1) is 5.41 Å². The van der Waals surface area contributed by atoms with Crippen LogP contribution in [0.2, 0.25) is 0 Å². The highest BCUT2D eigenvalue weighted by molar-refractivity contribution is 14.1. The van der Waals surface area contributed by atoms with Crippen molar-refractivity contribution >= 4 is 22.6 Å². The van der Waals surface area contributed by atoms with E-state index in [9.17, 15) is 8.78 Å². The zero-order valence-electron chi connectivity index (χ0n) is 7.36. The summed E-state index contributed by atoms with van der Waals surface area (Å²) in [4.78, 5) is 0. The second-order valence-electron chi connectivity index (χ2n) is 4.32. The Morgan fingerprint density at radius 3 is 2.62 bits per heavy atom. The van der Waals surface area contributed by atoms with Crippen molar-refractivity contribution in [1.82, 2.24) is 0 Å². The van der Waals surface area contributed by atoms with Gasteiger partial charge in [0.2, 0.25) is 5.92 Å². The van der Waals surface area contributed by atoms with Gasteiger partial charge in [0.1, 0.15) is 0 Å². The van der Waals surface area contributed by atoms with Crippen LogP contribution in [0.5, 0.6) is 0 Å². The smallest absolute Gasteiger partial charge is 0.248 e. The summed E-state index contributed by atoms with van der Waals surface area (Å²) in [6.07, 6.45) is 1.81. The monoisotopic (exact) mass is 302 g/mol. The molecule has 0 aromatic rings. The summed E-state index contributed by atoms with van der Waals surface area (Å²) >= 11 is 2.26. The molecule has 1 nitrogen and oxygen atoms in total. The second kappa shape index (κ2) is 3.29. The Morgan fingerprint density at radius 2 is 2.15 bits per heavy atom. The predicted octanol–water partition coefficient (Wildman–Crippen LogP) is 3.02. The van der Waals surface area contributed by atoms with E-state index >= 15 is 0 Å². The fraction of sp³-hybridized carbons (Fsp3) is 1.00. The number of alkyl halides is 3. The summed E-state index contributed by atoms with van der Waals surface area (Å²) < 4.78 is 32.4. The van der Waals surface area contributed by atoms with Gasteiger partial charge < -0.3 is 4.74 Å². The van der Waals surface area contributed by atoms with Gasteiger partial charge in [0.25, 0.3) is 0 Å². The Kier molecular flexibility index (Phi) is 2.55. The van der Waals surface area contributed by atoms with Crippen molar-refractivity contribution in [3.05, 3.63) is 0 Å². The minimum absolute atomic E-state index is 0.0488. The van der Waals surface area contributed by atoms with Gasteiger partial charge in [-0.3, -0.25) is 0 Å². The van der Waals surface area contributed by atoms with Gasteiger partial charge in [-0.15, -0.1) is 0 Å². The Morgan fingerprint density at radius 1 is 1.38 bits per heavy atom. The molecule has 4 heteroatoms. The van der Waals surface area contributed by atoms with Crippen molar-refractivity contribution in [2.75, 3.05) is 11.0 Å². The quantitative estimate of drug-likeness (QED) is 0.534. The molecule has 0 bridgehead atoms. The highest BCUT2D eigenvalue weighted by Gasteiger charge is 2.52. The van der Waals surface area contributed by atoms with E-state index in [0.29, 0.717) is 13.0 Å². The summed E-state index contributed by atoms with van der Waals surface area (Å²) in [6.45, 7) is 0.552. The van der Waals surface area contributed by atoms with Gasteiger partial charge in [-0.25, -0.2) is 8.78 Å². The van der Waals surface area contributed by atoms with E-state index < -0.39 is 5.92 Å². The zero-order valence-corrected chi connectivity index (χ0v) is 9.52. The fourth-order valence-corrected chi connectivity index (χ4v) is 3.03. The van der Waals surface area contributed by atoms with E-state index in [1.807, 2.05) is 0 Å². The van der Waals surface area contributed by atoms with Crippen molar-refractivity contribution in [3.8, 4) is 0 Å². The summed E-state index contributed by atoms with van der Waals surface area (Å²) in [5.41, 5.74) is -0.181. The van der Waals surface area contributed by atoms with E-state index in [4.69, 9.17) is 4.74 Å². The summed E-state index contributed by atoms with van der Waals surface area (Å²) in [7, 11) is 0. The topological polar surface area (TPSA) is 9.23 Å². The van der Waals surface area contributed by atoms with Crippen LogP contribution < -0.4 is 0 Å². The van der Waals surface area contributed by atoms with Crippen LogP contribution in [0.15, 0.2) is 0 Å². The maximum Gasteiger partial charge on any atom is 0.248 e. The van der Waals surface area contributed by atoms with Crippen LogP contribution in [-0.4, -0.2) is 23.1 Å². The molecule has 1 aliphatic heterocycles. The Hall–Kier alpha value is 0.550. The summed E-state index contributed by atoms with van der Waals surface area (Å²) in [5.74, 6) is -2.43. The molecule has 13 heavy (non-hydrogen) atoms. The molecule has 1 spiro atoms. The van der Waals surface area contributed by atoms with Crippen LogP contribution >= 0.6 is 22.6 Å². The molecule has 2 rings (SSSR count). The molecule has 2 aliphatic rings. The molecule has 0 aromatic heterocycles. The van der Waals surface area contributed by atoms with Crippen molar-refractivity contribution < 1.29 is 13.5 Å². The number of hydrogen-bond donors (Lipinski definition) is 0. The van der Waals surface area contributed by atoms with Crippen molar-refractivity contribution in [2.24, 2.45) is 5.41 Å². The molecule has 1 heterocycles. The van der Waals surface area contributed by atoms with Crippen molar-refractivity contribution in [3.63, 3.8) is 0 Å². The van der Waals surface area contributed by atoms with Gasteiger partial charge >= 0.3 is 0 Å². The van der Waals surface area contributed by atoms with Gasteiger partial charge in [0.05, 0.1) is 12.7 Å². The molecular weight excluding hydrogens is 289 g/mol. The Balaban J connectivity index is 2.01. The molecule has 0 N–H and O–H groups in total. The first-order valence-electron chi connectivity index (χ1n) is 4.61. The molecule has 2 fully saturated rings. The third kappa shape index (κ3) is 1.98. The average molecular weight is 302 g/mol. The lowest BCUT2D eigenvalue weighted by atomic mass is 9.84. The highest BCUT2D eigenvalue weighted by atomic mass is 127. The van der Waals surface area contributed by atoms with E-state index in [2.05, 4.69) is 22.6 Å². The van der Waals surface area contributed by atoms with Gasteiger partial charge in [-0.05, 0) is 12.8 Å². The number of halogens is 3. The van der Waals surface area contributed by atoms with Crippen LogP contribution in [0.3, 0.4) is 0 Å². The second-order valence-corrected chi connectivity index (χ2v) is 5.20. The zero-order chi connectivity index (χ0) is 9.53. The molecule has 2 atom stereocenters. The van der Waals surface area contributed by atoms with Crippen LogP contribution in [0.25, 0.3) is 0 Å². The first-order chi connectivity index (χ1) is 6.05. The number of rotatable bonds is 1. The molecule has 1 saturated heterocycles. The summed E-state index contributed by atoms with van der Waals surface area (Å²) in [6, 6.07) is 0. The Labute approximate surface area is 90.4 Å². The van der Waals surface area contributed by atoms with Crippen LogP contribution in [-0.2, 0) is 4.74 Å². The largest absolute Gasteiger partial charge is 0.377 e. The van der Waals surface area contributed by atoms with Crippen LogP contribution in [0.4, 0.5) is 8.78 Å². The average Bonchev–Trinajstić information content (AvgIpc) is 2.57.